The Bertz CT molecular complexity index is 1260. The Morgan fingerprint density at radius 3 is 2.47 bits per heavy atom. The van der Waals surface area contributed by atoms with Gasteiger partial charge in [0.25, 0.3) is 11.6 Å². The second-order valence-corrected chi connectivity index (χ2v) is 6.53. The molecule has 0 aliphatic carbocycles. The monoisotopic (exact) mass is 399 g/mol. The summed E-state index contributed by atoms with van der Waals surface area (Å²) in [6.07, 6.45) is 0. The van der Waals surface area contributed by atoms with E-state index in [0.29, 0.717) is 27.8 Å². The first-order valence-corrected chi connectivity index (χ1v) is 9.16. The molecule has 3 aromatic carbocycles. The maximum absolute atomic E-state index is 13.2. The maximum Gasteiger partial charge on any atom is 0.273 e. The van der Waals surface area contributed by atoms with Gasteiger partial charge in [-0.2, -0.15) is 0 Å². The van der Waals surface area contributed by atoms with Crippen molar-refractivity contribution in [3.63, 3.8) is 0 Å². The van der Waals surface area contributed by atoms with Crippen molar-refractivity contribution < 1.29 is 14.5 Å². The third-order valence-corrected chi connectivity index (χ3v) is 4.67. The number of amides is 1. The van der Waals surface area contributed by atoms with Crippen LogP contribution < -0.4 is 10.1 Å². The zero-order valence-electron chi connectivity index (χ0n) is 16.0. The molecule has 1 heterocycles. The van der Waals surface area contributed by atoms with Crippen molar-refractivity contribution in [1.29, 1.82) is 0 Å². The standard InChI is InChI=1S/C23H17N3O4/c1-30-22-13-16(26(28)29)11-12-20(22)25-23(27)18-14-21(15-7-3-2-4-8-15)24-19-10-6-5-9-17(18)19/h2-14H,1H3,(H,25,27). The molecule has 4 rings (SSSR count). The van der Waals surface area contributed by atoms with Gasteiger partial charge in [0.15, 0.2) is 0 Å². The highest BCUT2D eigenvalue weighted by atomic mass is 16.6. The predicted octanol–water partition coefficient (Wildman–Crippen LogP) is 5.07. The predicted molar refractivity (Wildman–Crippen MR) is 115 cm³/mol. The third kappa shape index (κ3) is 3.68. The molecular formula is C23H17N3O4. The molecule has 0 fully saturated rings. The lowest BCUT2D eigenvalue weighted by Gasteiger charge is -2.13. The van der Waals surface area contributed by atoms with Crippen LogP contribution in [0.5, 0.6) is 5.75 Å². The van der Waals surface area contributed by atoms with Crippen LogP contribution in [0.4, 0.5) is 11.4 Å². The van der Waals surface area contributed by atoms with E-state index in [0.717, 1.165) is 5.56 Å². The third-order valence-electron chi connectivity index (χ3n) is 4.67. The van der Waals surface area contributed by atoms with Gasteiger partial charge < -0.3 is 10.1 Å². The summed E-state index contributed by atoms with van der Waals surface area (Å²) < 4.78 is 5.22. The number of nitrogens with one attached hydrogen (secondary N) is 1. The lowest BCUT2D eigenvalue weighted by atomic mass is 10.0. The fourth-order valence-corrected chi connectivity index (χ4v) is 3.21. The highest BCUT2D eigenvalue weighted by Crippen LogP contribution is 2.31. The van der Waals surface area contributed by atoms with E-state index in [1.54, 1.807) is 6.07 Å². The molecule has 0 bridgehead atoms. The summed E-state index contributed by atoms with van der Waals surface area (Å²) in [6, 6.07) is 22.8. The molecule has 148 valence electrons. The largest absolute Gasteiger partial charge is 0.494 e. The fourth-order valence-electron chi connectivity index (χ4n) is 3.21. The van der Waals surface area contributed by atoms with Gasteiger partial charge in [0.05, 0.1) is 40.6 Å². The Morgan fingerprint density at radius 1 is 1.00 bits per heavy atom. The lowest BCUT2D eigenvalue weighted by Crippen LogP contribution is -2.14. The minimum Gasteiger partial charge on any atom is -0.494 e. The van der Waals surface area contributed by atoms with E-state index in [1.807, 2.05) is 54.6 Å². The molecule has 30 heavy (non-hydrogen) atoms. The molecule has 0 saturated heterocycles. The number of rotatable bonds is 5. The number of pyridine rings is 1. The van der Waals surface area contributed by atoms with E-state index in [9.17, 15) is 14.9 Å². The first-order valence-electron chi connectivity index (χ1n) is 9.16. The normalized spacial score (nSPS) is 10.6. The molecule has 4 aromatic rings. The average Bonchev–Trinajstić information content (AvgIpc) is 2.79. The number of para-hydroxylation sites is 1. The first-order chi connectivity index (χ1) is 14.6. The van der Waals surface area contributed by atoms with Crippen molar-refractivity contribution >= 4 is 28.2 Å². The van der Waals surface area contributed by atoms with Gasteiger partial charge in [-0.15, -0.1) is 0 Å². The number of methoxy groups -OCH3 is 1. The van der Waals surface area contributed by atoms with Crippen LogP contribution in [0.3, 0.4) is 0 Å². The SMILES string of the molecule is COc1cc([N+](=O)[O-])ccc1NC(=O)c1cc(-c2ccccc2)nc2ccccc12. The van der Waals surface area contributed by atoms with Gasteiger partial charge in [-0.1, -0.05) is 48.5 Å². The van der Waals surface area contributed by atoms with E-state index in [2.05, 4.69) is 10.3 Å². The van der Waals surface area contributed by atoms with Gasteiger partial charge in [-0.3, -0.25) is 14.9 Å². The first kappa shape index (κ1) is 19.1. The van der Waals surface area contributed by atoms with Crippen LogP contribution in [-0.4, -0.2) is 22.9 Å². The van der Waals surface area contributed by atoms with Gasteiger partial charge in [0, 0.05) is 17.0 Å². The van der Waals surface area contributed by atoms with Crippen molar-refractivity contribution in [1.82, 2.24) is 4.98 Å². The van der Waals surface area contributed by atoms with Gasteiger partial charge >= 0.3 is 0 Å². The van der Waals surface area contributed by atoms with E-state index in [4.69, 9.17) is 4.74 Å². The number of non-ortho nitro benzene ring substituents is 1. The molecule has 0 unspecified atom stereocenters. The summed E-state index contributed by atoms with van der Waals surface area (Å²) in [7, 11) is 1.39. The highest BCUT2D eigenvalue weighted by Gasteiger charge is 2.17. The molecule has 1 amide bonds. The number of carbonyl (C=O) groups is 1. The van der Waals surface area contributed by atoms with Crippen LogP contribution in [0.2, 0.25) is 0 Å². The summed E-state index contributed by atoms with van der Waals surface area (Å²) in [4.78, 5) is 28.3. The molecule has 0 aliphatic rings. The van der Waals surface area contributed by atoms with Gasteiger partial charge in [0.2, 0.25) is 0 Å². The van der Waals surface area contributed by atoms with E-state index >= 15 is 0 Å². The molecule has 0 atom stereocenters. The number of ether oxygens (including phenoxy) is 1. The topological polar surface area (TPSA) is 94.4 Å². The summed E-state index contributed by atoms with van der Waals surface area (Å²) in [6.45, 7) is 0. The fraction of sp³-hybridized carbons (Fsp3) is 0.0435. The Morgan fingerprint density at radius 2 is 1.73 bits per heavy atom. The Balaban J connectivity index is 1.77. The Labute approximate surface area is 172 Å². The number of nitro benzene ring substituents is 1. The smallest absolute Gasteiger partial charge is 0.273 e. The van der Waals surface area contributed by atoms with Crippen LogP contribution in [0.25, 0.3) is 22.2 Å². The summed E-state index contributed by atoms with van der Waals surface area (Å²) in [5.41, 5.74) is 2.93. The number of hydrogen-bond acceptors (Lipinski definition) is 5. The number of hydrogen-bond donors (Lipinski definition) is 1. The second kappa shape index (κ2) is 8.00. The molecule has 1 aromatic heterocycles. The van der Waals surface area contributed by atoms with Crippen LogP contribution >= 0.6 is 0 Å². The summed E-state index contributed by atoms with van der Waals surface area (Å²) in [5.74, 6) is -0.155. The van der Waals surface area contributed by atoms with Crippen molar-refractivity contribution in [3.05, 3.63) is 94.5 Å². The van der Waals surface area contributed by atoms with E-state index < -0.39 is 4.92 Å². The zero-order chi connectivity index (χ0) is 21.1. The quantitative estimate of drug-likeness (QED) is 0.373. The van der Waals surface area contributed by atoms with Crippen molar-refractivity contribution in [3.8, 4) is 17.0 Å². The van der Waals surface area contributed by atoms with Gasteiger partial charge in [0.1, 0.15) is 5.75 Å². The number of nitro groups is 1. The molecule has 0 aliphatic heterocycles. The van der Waals surface area contributed by atoms with E-state index in [1.165, 1.54) is 25.3 Å². The second-order valence-electron chi connectivity index (χ2n) is 6.53. The van der Waals surface area contributed by atoms with Gasteiger partial charge in [-0.05, 0) is 18.2 Å². The van der Waals surface area contributed by atoms with Crippen LogP contribution in [0, 0.1) is 10.1 Å². The van der Waals surface area contributed by atoms with Crippen LogP contribution in [-0.2, 0) is 0 Å². The van der Waals surface area contributed by atoms with Crippen LogP contribution in [0.15, 0.2) is 78.9 Å². The summed E-state index contributed by atoms with van der Waals surface area (Å²) in [5, 5.41) is 14.5. The Hall–Kier alpha value is -4.26. The molecule has 0 saturated carbocycles. The minimum absolute atomic E-state index is 0.120. The van der Waals surface area contributed by atoms with E-state index in [-0.39, 0.29) is 17.3 Å². The highest BCUT2D eigenvalue weighted by molar-refractivity contribution is 6.13. The number of benzene rings is 3. The number of aromatic nitrogens is 1. The molecule has 7 heteroatoms. The molecular weight excluding hydrogens is 382 g/mol. The lowest BCUT2D eigenvalue weighted by molar-refractivity contribution is -0.384. The number of nitrogens with zero attached hydrogens (tertiary/aromatic N) is 2. The molecule has 7 nitrogen and oxygen atoms in total. The van der Waals surface area contributed by atoms with Crippen molar-refractivity contribution in [2.75, 3.05) is 12.4 Å². The van der Waals surface area contributed by atoms with Crippen LogP contribution in [0.1, 0.15) is 10.4 Å². The average molecular weight is 399 g/mol. The molecule has 0 radical (unpaired) electrons. The van der Waals surface area contributed by atoms with Crippen molar-refractivity contribution in [2.24, 2.45) is 0 Å². The zero-order valence-corrected chi connectivity index (χ0v) is 16.0. The summed E-state index contributed by atoms with van der Waals surface area (Å²) >= 11 is 0. The minimum atomic E-state index is -0.517. The molecule has 1 N–H and O–H groups in total. The van der Waals surface area contributed by atoms with Gasteiger partial charge in [-0.25, -0.2) is 4.98 Å². The number of anilines is 1. The van der Waals surface area contributed by atoms with Crippen molar-refractivity contribution in [2.45, 2.75) is 0 Å². The molecule has 0 spiro atoms. The Kier molecular flexibility index (Phi) is 5.09. The number of fused-ring (bicyclic) bond motifs is 1. The maximum atomic E-state index is 13.2. The number of carbonyl (C=O) groups excluding carboxylic acids is 1.